The Kier molecular flexibility index (Phi) is 5.90. The number of rotatable bonds is 5. The third-order valence-corrected chi connectivity index (χ3v) is 6.49. The number of aromatic nitrogens is 3. The molecular formula is C21H17ClN4O2S2. The van der Waals surface area contributed by atoms with Gasteiger partial charge in [0, 0.05) is 16.6 Å². The molecule has 0 radical (unpaired) electrons. The van der Waals surface area contributed by atoms with Crippen LogP contribution in [0.25, 0.3) is 16.6 Å². The van der Waals surface area contributed by atoms with Crippen molar-refractivity contribution in [2.45, 2.75) is 19.0 Å². The molecule has 9 heteroatoms. The highest BCUT2D eigenvalue weighted by atomic mass is 35.5. The molecule has 4 rings (SSSR count). The Morgan fingerprint density at radius 3 is 2.87 bits per heavy atom. The lowest BCUT2D eigenvalue weighted by atomic mass is 10.1. The fourth-order valence-corrected chi connectivity index (χ4v) is 4.51. The number of nitrogens with one attached hydrogen (secondary N) is 1. The van der Waals surface area contributed by atoms with E-state index in [4.69, 9.17) is 11.6 Å². The summed E-state index contributed by atoms with van der Waals surface area (Å²) in [6.45, 7) is 3.96. The quantitative estimate of drug-likeness (QED) is 0.343. The summed E-state index contributed by atoms with van der Waals surface area (Å²) >= 11 is 8.65. The zero-order valence-electron chi connectivity index (χ0n) is 16.2. The van der Waals surface area contributed by atoms with Crippen LogP contribution in [0.5, 0.6) is 0 Å². The fraction of sp³-hybridized carbons (Fsp3) is 0.143. The van der Waals surface area contributed by atoms with Crippen molar-refractivity contribution >= 4 is 56.6 Å². The number of thioether (sulfide) groups is 1. The van der Waals surface area contributed by atoms with Gasteiger partial charge < -0.3 is 5.32 Å². The normalized spacial score (nSPS) is 11.0. The van der Waals surface area contributed by atoms with Gasteiger partial charge in [0.2, 0.25) is 5.91 Å². The van der Waals surface area contributed by atoms with Crippen LogP contribution in [0.4, 0.5) is 5.13 Å². The van der Waals surface area contributed by atoms with E-state index in [1.165, 1.54) is 23.1 Å². The molecule has 0 atom stereocenters. The third-order valence-electron chi connectivity index (χ3n) is 4.63. The highest BCUT2D eigenvalue weighted by molar-refractivity contribution is 7.99. The predicted molar refractivity (Wildman–Crippen MR) is 123 cm³/mol. The summed E-state index contributed by atoms with van der Waals surface area (Å²) in [6.07, 6.45) is 1.63. The van der Waals surface area contributed by atoms with Crippen LogP contribution in [0.2, 0.25) is 5.02 Å². The summed E-state index contributed by atoms with van der Waals surface area (Å²) in [5.41, 5.74) is 3.08. The number of amides is 1. The Hall–Kier alpha value is -2.68. The molecule has 0 bridgehead atoms. The highest BCUT2D eigenvalue weighted by Gasteiger charge is 2.17. The molecule has 2 aromatic carbocycles. The van der Waals surface area contributed by atoms with Crippen LogP contribution in [0.15, 0.2) is 57.9 Å². The molecule has 2 heterocycles. The number of anilines is 1. The Labute approximate surface area is 185 Å². The van der Waals surface area contributed by atoms with Gasteiger partial charge in [-0.25, -0.2) is 9.97 Å². The molecular weight excluding hydrogens is 440 g/mol. The molecule has 1 N–H and O–H groups in total. The maximum atomic E-state index is 13.4. The average Bonchev–Trinajstić information content (AvgIpc) is 3.22. The molecule has 0 aliphatic carbocycles. The summed E-state index contributed by atoms with van der Waals surface area (Å²) in [6, 6.07) is 10.8. The van der Waals surface area contributed by atoms with E-state index in [2.05, 4.69) is 15.3 Å². The van der Waals surface area contributed by atoms with Gasteiger partial charge in [0.15, 0.2) is 10.3 Å². The van der Waals surface area contributed by atoms with Crippen LogP contribution in [0, 0.1) is 13.8 Å². The Morgan fingerprint density at radius 1 is 1.27 bits per heavy atom. The van der Waals surface area contributed by atoms with Crippen molar-refractivity contribution in [2.75, 3.05) is 11.1 Å². The van der Waals surface area contributed by atoms with E-state index in [9.17, 15) is 9.59 Å². The van der Waals surface area contributed by atoms with Crippen molar-refractivity contribution < 1.29 is 4.79 Å². The molecule has 1 amide bonds. The second kappa shape index (κ2) is 8.59. The van der Waals surface area contributed by atoms with E-state index in [-0.39, 0.29) is 17.2 Å². The van der Waals surface area contributed by atoms with Gasteiger partial charge in [-0.15, -0.1) is 11.3 Å². The van der Waals surface area contributed by atoms with E-state index in [1.807, 2.05) is 32.0 Å². The molecule has 0 unspecified atom stereocenters. The highest BCUT2D eigenvalue weighted by Crippen LogP contribution is 2.26. The van der Waals surface area contributed by atoms with E-state index < -0.39 is 0 Å². The summed E-state index contributed by atoms with van der Waals surface area (Å²) in [4.78, 5) is 34.5. The summed E-state index contributed by atoms with van der Waals surface area (Å²) in [7, 11) is 0. The standard InChI is InChI=1S/C21H17ClN4O2S2/c1-12-4-3-5-17(13(12)2)26-19(28)15-7-6-14(22)10-16(15)24-21(26)30-11-18(27)25-20-23-8-9-29-20/h3-10H,11H2,1-2H3,(H,23,25,27). The number of carbonyl (C=O) groups is 1. The number of hydrogen-bond acceptors (Lipinski definition) is 6. The van der Waals surface area contributed by atoms with Crippen molar-refractivity contribution in [1.82, 2.24) is 14.5 Å². The van der Waals surface area contributed by atoms with Crippen LogP contribution in [0.3, 0.4) is 0 Å². The summed E-state index contributed by atoms with van der Waals surface area (Å²) < 4.78 is 1.57. The largest absolute Gasteiger partial charge is 0.301 e. The zero-order chi connectivity index (χ0) is 21.3. The zero-order valence-corrected chi connectivity index (χ0v) is 18.6. The minimum absolute atomic E-state index is 0.0863. The van der Waals surface area contributed by atoms with Crippen LogP contribution >= 0.6 is 34.7 Å². The molecule has 0 fully saturated rings. The van der Waals surface area contributed by atoms with E-state index in [1.54, 1.807) is 34.3 Å². The average molecular weight is 457 g/mol. The van der Waals surface area contributed by atoms with E-state index >= 15 is 0 Å². The second-order valence-corrected chi connectivity index (χ2v) is 8.86. The second-order valence-electron chi connectivity index (χ2n) is 6.59. The first-order chi connectivity index (χ1) is 14.4. The van der Waals surface area contributed by atoms with Crippen LogP contribution in [-0.4, -0.2) is 26.2 Å². The number of carbonyl (C=O) groups excluding carboxylic acids is 1. The summed E-state index contributed by atoms with van der Waals surface area (Å²) in [5.74, 6) is -0.133. The molecule has 0 saturated carbocycles. The molecule has 4 aromatic rings. The molecule has 0 aliphatic heterocycles. The first-order valence-electron chi connectivity index (χ1n) is 9.05. The number of nitrogens with zero attached hydrogens (tertiary/aromatic N) is 3. The topological polar surface area (TPSA) is 76.9 Å². The Balaban J connectivity index is 1.79. The van der Waals surface area contributed by atoms with Gasteiger partial charge in [0.05, 0.1) is 22.3 Å². The summed E-state index contributed by atoms with van der Waals surface area (Å²) in [5, 5.41) is 6.46. The number of aryl methyl sites for hydroxylation is 1. The lowest BCUT2D eigenvalue weighted by Crippen LogP contribution is -2.23. The monoisotopic (exact) mass is 456 g/mol. The minimum atomic E-state index is -0.220. The Morgan fingerprint density at radius 2 is 2.10 bits per heavy atom. The lowest BCUT2D eigenvalue weighted by molar-refractivity contribution is -0.113. The minimum Gasteiger partial charge on any atom is -0.301 e. The van der Waals surface area contributed by atoms with Crippen LogP contribution in [-0.2, 0) is 4.79 Å². The molecule has 0 aliphatic rings. The smallest absolute Gasteiger partial charge is 0.266 e. The number of benzene rings is 2. The van der Waals surface area contributed by atoms with Crippen LogP contribution in [0.1, 0.15) is 11.1 Å². The Bertz CT molecular complexity index is 1300. The van der Waals surface area contributed by atoms with Gasteiger partial charge >= 0.3 is 0 Å². The number of hydrogen-bond donors (Lipinski definition) is 1. The van der Waals surface area contributed by atoms with Gasteiger partial charge in [-0.1, -0.05) is 35.5 Å². The third kappa shape index (κ3) is 4.12. The van der Waals surface area contributed by atoms with Gasteiger partial charge in [-0.2, -0.15) is 0 Å². The molecule has 2 aromatic heterocycles. The van der Waals surface area contributed by atoms with Crippen molar-refractivity contribution in [1.29, 1.82) is 0 Å². The predicted octanol–water partition coefficient (Wildman–Crippen LogP) is 4.84. The van der Waals surface area contributed by atoms with Crippen molar-refractivity contribution in [2.24, 2.45) is 0 Å². The van der Waals surface area contributed by atoms with Gasteiger partial charge in [0.1, 0.15) is 0 Å². The van der Waals surface area contributed by atoms with Crippen molar-refractivity contribution in [3.63, 3.8) is 0 Å². The maximum absolute atomic E-state index is 13.4. The number of thiazole rings is 1. The molecule has 152 valence electrons. The SMILES string of the molecule is Cc1cccc(-n2c(SCC(=O)Nc3nccs3)nc3cc(Cl)ccc3c2=O)c1C. The van der Waals surface area contributed by atoms with Gasteiger partial charge in [-0.05, 0) is 49.2 Å². The molecule has 30 heavy (non-hydrogen) atoms. The number of halogens is 1. The fourth-order valence-electron chi connectivity index (χ4n) is 3.00. The number of fused-ring (bicyclic) bond motifs is 1. The molecule has 0 spiro atoms. The van der Waals surface area contributed by atoms with Crippen molar-refractivity contribution in [3.8, 4) is 5.69 Å². The molecule has 6 nitrogen and oxygen atoms in total. The lowest BCUT2D eigenvalue weighted by Gasteiger charge is -2.16. The van der Waals surface area contributed by atoms with Crippen molar-refractivity contribution in [3.05, 3.63) is 74.5 Å². The van der Waals surface area contributed by atoms with Gasteiger partial charge in [-0.3, -0.25) is 14.2 Å². The first kappa shape index (κ1) is 20.6. The van der Waals surface area contributed by atoms with Crippen LogP contribution < -0.4 is 10.9 Å². The van der Waals surface area contributed by atoms with E-state index in [0.29, 0.717) is 26.2 Å². The maximum Gasteiger partial charge on any atom is 0.266 e. The first-order valence-corrected chi connectivity index (χ1v) is 11.3. The van der Waals surface area contributed by atoms with Gasteiger partial charge in [0.25, 0.3) is 5.56 Å². The van der Waals surface area contributed by atoms with E-state index in [0.717, 1.165) is 16.8 Å². The molecule has 0 saturated heterocycles.